The molecule has 2 heterocycles. The van der Waals surface area contributed by atoms with Gasteiger partial charge in [0.25, 0.3) is 0 Å². The number of anilines is 1. The molecular weight excluding hydrogens is 412 g/mol. The number of nitrogens with zero attached hydrogens (tertiary/aromatic N) is 3. The molecule has 1 aliphatic carbocycles. The Hall–Kier alpha value is -2.26. The Kier molecular flexibility index (Phi) is 6.57. The zero-order valence-corrected chi connectivity index (χ0v) is 20.6. The summed E-state index contributed by atoms with van der Waals surface area (Å²) in [5.41, 5.74) is 0.760. The average molecular weight is 447 g/mol. The maximum absolute atomic E-state index is 11.7. The largest absolute Gasteiger partial charge is 0.462 e. The van der Waals surface area contributed by atoms with Crippen molar-refractivity contribution >= 4 is 37.0 Å². The fourth-order valence-corrected chi connectivity index (χ4v) is 4.95. The van der Waals surface area contributed by atoms with Gasteiger partial charge >= 0.3 is 5.97 Å². The highest BCUT2D eigenvalue weighted by molar-refractivity contribution is 6.74. The third-order valence-corrected chi connectivity index (χ3v) is 11.1. The Balaban J connectivity index is 1.83. The number of esters is 1. The van der Waals surface area contributed by atoms with Crippen LogP contribution in [0.4, 0.5) is 5.82 Å². The summed E-state index contributed by atoms with van der Waals surface area (Å²) >= 11 is 0. The van der Waals surface area contributed by atoms with Gasteiger partial charge in [-0.15, -0.1) is 0 Å². The number of ether oxygens (including phenoxy) is 1. The lowest BCUT2D eigenvalue weighted by Crippen LogP contribution is -2.42. The smallest absolute Gasteiger partial charge is 0.302 e. The summed E-state index contributed by atoms with van der Waals surface area (Å²) in [6.07, 6.45) is 4.77. The third kappa shape index (κ3) is 5.15. The second-order valence-corrected chi connectivity index (χ2v) is 14.8. The highest BCUT2D eigenvalue weighted by atomic mass is 28.4. The normalized spacial score (nSPS) is 22.0. The third-order valence-electron chi connectivity index (χ3n) is 6.58. The van der Waals surface area contributed by atoms with E-state index in [1.807, 2.05) is 12.3 Å². The van der Waals surface area contributed by atoms with Gasteiger partial charge < -0.3 is 19.0 Å². The summed E-state index contributed by atoms with van der Waals surface area (Å²) in [7, 11) is -1.91. The molecule has 0 unspecified atom stereocenters. The molecular formula is C22H34N4O4Si. The van der Waals surface area contributed by atoms with E-state index in [1.165, 1.54) is 20.2 Å². The van der Waals surface area contributed by atoms with E-state index in [0.717, 1.165) is 17.5 Å². The monoisotopic (exact) mass is 446 g/mol. The van der Waals surface area contributed by atoms with Crippen molar-refractivity contribution in [3.05, 3.63) is 18.6 Å². The highest BCUT2D eigenvalue weighted by Gasteiger charge is 2.42. The van der Waals surface area contributed by atoms with Crippen molar-refractivity contribution in [2.24, 2.45) is 5.92 Å². The van der Waals surface area contributed by atoms with E-state index in [1.54, 1.807) is 0 Å². The van der Waals surface area contributed by atoms with Gasteiger partial charge in [-0.1, -0.05) is 20.8 Å². The average Bonchev–Trinajstić information content (AvgIpc) is 3.22. The van der Waals surface area contributed by atoms with Crippen LogP contribution >= 0.6 is 0 Å². The zero-order chi connectivity index (χ0) is 23.0. The number of rotatable bonds is 6. The molecule has 0 aliphatic heterocycles. The fourth-order valence-electron chi connectivity index (χ4n) is 3.88. The van der Waals surface area contributed by atoms with Gasteiger partial charge in [0.1, 0.15) is 23.9 Å². The van der Waals surface area contributed by atoms with Crippen molar-refractivity contribution in [1.82, 2.24) is 14.5 Å². The molecule has 3 atom stereocenters. The lowest BCUT2D eigenvalue weighted by Gasteiger charge is -2.37. The number of hydrogen-bond donors (Lipinski definition) is 1. The first kappa shape index (κ1) is 23.4. The highest BCUT2D eigenvalue weighted by Crippen LogP contribution is 2.42. The lowest BCUT2D eigenvalue weighted by atomic mass is 10.1. The van der Waals surface area contributed by atoms with Gasteiger partial charge in [0.05, 0.1) is 5.39 Å². The van der Waals surface area contributed by atoms with E-state index >= 15 is 0 Å². The van der Waals surface area contributed by atoms with Gasteiger partial charge in [0.2, 0.25) is 5.91 Å². The molecule has 2 aromatic heterocycles. The van der Waals surface area contributed by atoms with Crippen LogP contribution < -0.4 is 5.32 Å². The van der Waals surface area contributed by atoms with Crippen LogP contribution in [0.15, 0.2) is 18.6 Å². The van der Waals surface area contributed by atoms with E-state index in [4.69, 9.17) is 9.16 Å². The molecule has 0 radical (unpaired) electrons. The number of carbonyl (C=O) groups is 2. The number of fused-ring (bicyclic) bond motifs is 1. The van der Waals surface area contributed by atoms with Crippen LogP contribution in [0.1, 0.15) is 53.5 Å². The number of aromatic nitrogens is 3. The maximum Gasteiger partial charge on any atom is 0.302 e. The number of nitrogens with one attached hydrogen (secondary N) is 1. The van der Waals surface area contributed by atoms with Crippen LogP contribution in [0.25, 0.3) is 11.0 Å². The Morgan fingerprint density at radius 2 is 1.94 bits per heavy atom. The predicted molar refractivity (Wildman–Crippen MR) is 122 cm³/mol. The quantitative estimate of drug-likeness (QED) is 0.525. The molecule has 0 saturated heterocycles. The first-order chi connectivity index (χ1) is 14.4. The standard InChI is InChI=1S/C22H34N4O4Si/c1-14(27)25-20-18-8-9-26(21(18)24-13-23-20)17-10-16(19(11-17)30-15(2)28)12-29-31(6,7)22(3,4)5/h8-9,13,16-17,19H,10-12H2,1-7H3,(H,23,24,25,27)/t16-,17-,19-/m0/s1. The Bertz CT molecular complexity index is 966. The molecule has 3 rings (SSSR count). The van der Waals surface area contributed by atoms with Crippen LogP contribution in [-0.2, 0) is 18.8 Å². The van der Waals surface area contributed by atoms with Crippen LogP contribution in [-0.4, -0.2) is 47.4 Å². The molecule has 0 bridgehead atoms. The topological polar surface area (TPSA) is 95.3 Å². The molecule has 1 aliphatic rings. The summed E-state index contributed by atoms with van der Waals surface area (Å²) in [6.45, 7) is 14.6. The second-order valence-electron chi connectivity index (χ2n) is 9.97. The van der Waals surface area contributed by atoms with E-state index in [2.05, 4.69) is 53.7 Å². The van der Waals surface area contributed by atoms with Crippen LogP contribution in [0, 0.1) is 5.92 Å². The molecule has 170 valence electrons. The fraction of sp³-hybridized carbons (Fsp3) is 0.636. The van der Waals surface area contributed by atoms with Gasteiger partial charge in [-0.3, -0.25) is 9.59 Å². The number of carbonyl (C=O) groups excluding carboxylic acids is 2. The molecule has 0 aromatic carbocycles. The van der Waals surface area contributed by atoms with Crippen LogP contribution in [0.5, 0.6) is 0 Å². The summed E-state index contributed by atoms with van der Waals surface area (Å²) in [5, 5.41) is 3.67. The minimum absolute atomic E-state index is 0.120. The van der Waals surface area contributed by atoms with Crippen molar-refractivity contribution in [3.63, 3.8) is 0 Å². The van der Waals surface area contributed by atoms with E-state index < -0.39 is 8.32 Å². The maximum atomic E-state index is 11.7. The van der Waals surface area contributed by atoms with Gasteiger partial charge in [-0.25, -0.2) is 9.97 Å². The number of hydrogen-bond acceptors (Lipinski definition) is 6. The van der Waals surface area contributed by atoms with E-state index in [9.17, 15) is 9.59 Å². The Morgan fingerprint density at radius 3 is 2.55 bits per heavy atom. The molecule has 0 spiro atoms. The van der Waals surface area contributed by atoms with Gasteiger partial charge in [0.15, 0.2) is 8.32 Å². The van der Waals surface area contributed by atoms with Crippen molar-refractivity contribution < 1.29 is 18.8 Å². The minimum atomic E-state index is -1.91. The first-order valence-electron chi connectivity index (χ1n) is 10.8. The van der Waals surface area contributed by atoms with E-state index in [-0.39, 0.29) is 35.0 Å². The lowest BCUT2D eigenvalue weighted by molar-refractivity contribution is -0.148. The van der Waals surface area contributed by atoms with Crippen molar-refractivity contribution in [1.29, 1.82) is 0 Å². The summed E-state index contributed by atoms with van der Waals surface area (Å²) < 4.78 is 14.3. The van der Waals surface area contributed by atoms with E-state index in [0.29, 0.717) is 18.8 Å². The van der Waals surface area contributed by atoms with Crippen molar-refractivity contribution in [2.45, 2.75) is 77.7 Å². The minimum Gasteiger partial charge on any atom is -0.462 e. The first-order valence-corrected chi connectivity index (χ1v) is 13.7. The molecule has 9 heteroatoms. The molecule has 31 heavy (non-hydrogen) atoms. The van der Waals surface area contributed by atoms with Crippen molar-refractivity contribution in [3.8, 4) is 0 Å². The van der Waals surface area contributed by atoms with Crippen LogP contribution in [0.2, 0.25) is 18.1 Å². The van der Waals surface area contributed by atoms with Gasteiger partial charge in [-0.2, -0.15) is 0 Å². The zero-order valence-electron chi connectivity index (χ0n) is 19.6. The Morgan fingerprint density at radius 1 is 1.23 bits per heavy atom. The second kappa shape index (κ2) is 8.70. The Labute approximate surface area is 184 Å². The van der Waals surface area contributed by atoms with Gasteiger partial charge in [0, 0.05) is 45.0 Å². The number of amides is 1. The summed E-state index contributed by atoms with van der Waals surface area (Å²) in [4.78, 5) is 31.9. The molecule has 2 aromatic rings. The van der Waals surface area contributed by atoms with Crippen LogP contribution in [0.3, 0.4) is 0 Å². The van der Waals surface area contributed by atoms with Crippen molar-refractivity contribution in [2.75, 3.05) is 11.9 Å². The summed E-state index contributed by atoms with van der Waals surface area (Å²) in [5.74, 6) is 0.183. The van der Waals surface area contributed by atoms with Gasteiger partial charge in [-0.05, 0) is 30.6 Å². The molecule has 1 saturated carbocycles. The SMILES string of the molecule is CC(=O)Nc1ncnc2c1ccn2[C@H]1C[C@@H](CO[Si](C)(C)C(C)(C)C)[C@@H](OC(C)=O)C1. The molecule has 1 fully saturated rings. The molecule has 1 N–H and O–H groups in total. The molecule has 1 amide bonds. The summed E-state index contributed by atoms with van der Waals surface area (Å²) in [6, 6.07) is 2.04. The predicted octanol–water partition coefficient (Wildman–Crippen LogP) is 4.29. The molecule has 8 nitrogen and oxygen atoms in total.